The zero-order chi connectivity index (χ0) is 17.9. The average Bonchev–Trinajstić information content (AvgIpc) is 3.19. The van der Waals surface area contributed by atoms with Crippen LogP contribution in [-0.2, 0) is 0 Å². The topological polar surface area (TPSA) is 85.1 Å². The molecule has 2 N–H and O–H groups in total. The Labute approximate surface area is 149 Å². The number of aromatic nitrogens is 4. The number of alkyl halides is 1. The molecule has 2 aromatic heterocycles. The van der Waals surface area contributed by atoms with E-state index < -0.39 is 12.3 Å². The standard InChI is InChI=1S/C18H18FN5O2/c19-14-8-20-4-3-17(14)26-18-10-22-15(9-23-18)13-2-1-12(7-16(13)25)24-6-5-21-11-24/h1-2,5-7,9-11,14,17,20,25H,3-4,8H2/t14-,17-/m0/s1. The van der Waals surface area contributed by atoms with E-state index >= 15 is 0 Å². The second-order valence-corrected chi connectivity index (χ2v) is 6.08. The molecule has 0 aliphatic carbocycles. The first-order valence-corrected chi connectivity index (χ1v) is 8.36. The van der Waals surface area contributed by atoms with Gasteiger partial charge in [-0.15, -0.1) is 0 Å². The molecule has 1 aliphatic heterocycles. The molecule has 4 rings (SSSR count). The Balaban J connectivity index is 1.51. The van der Waals surface area contributed by atoms with Crippen LogP contribution in [0.5, 0.6) is 11.6 Å². The minimum absolute atomic E-state index is 0.0846. The fourth-order valence-electron chi connectivity index (χ4n) is 2.91. The van der Waals surface area contributed by atoms with E-state index in [1.165, 1.54) is 12.4 Å². The van der Waals surface area contributed by atoms with Crippen molar-refractivity contribution in [1.29, 1.82) is 0 Å². The Morgan fingerprint density at radius 1 is 1.27 bits per heavy atom. The van der Waals surface area contributed by atoms with Gasteiger partial charge in [0.1, 0.15) is 18.0 Å². The van der Waals surface area contributed by atoms with Crippen LogP contribution in [0.2, 0.25) is 0 Å². The van der Waals surface area contributed by atoms with Crippen molar-refractivity contribution < 1.29 is 14.2 Å². The normalized spacial score (nSPS) is 20.0. The first kappa shape index (κ1) is 16.5. The second-order valence-electron chi connectivity index (χ2n) is 6.08. The highest BCUT2D eigenvalue weighted by atomic mass is 19.1. The molecule has 3 aromatic rings. The Kier molecular flexibility index (Phi) is 4.49. The minimum atomic E-state index is -1.06. The lowest BCUT2D eigenvalue weighted by Gasteiger charge is -2.26. The van der Waals surface area contributed by atoms with E-state index in [1.54, 1.807) is 35.4 Å². The van der Waals surface area contributed by atoms with Gasteiger partial charge in [0, 0.05) is 30.6 Å². The fraction of sp³-hybridized carbons (Fsp3) is 0.278. The third-order valence-electron chi connectivity index (χ3n) is 4.31. The van der Waals surface area contributed by atoms with Crippen molar-refractivity contribution in [3.63, 3.8) is 0 Å². The van der Waals surface area contributed by atoms with Crippen LogP contribution in [0.1, 0.15) is 6.42 Å². The number of halogens is 1. The molecule has 0 unspecified atom stereocenters. The Bertz CT molecular complexity index is 870. The van der Waals surface area contributed by atoms with Gasteiger partial charge in [-0.1, -0.05) is 0 Å². The van der Waals surface area contributed by atoms with Crippen LogP contribution < -0.4 is 10.1 Å². The molecule has 7 nitrogen and oxygen atoms in total. The highest BCUT2D eigenvalue weighted by Crippen LogP contribution is 2.30. The molecular weight excluding hydrogens is 337 g/mol. The van der Waals surface area contributed by atoms with Gasteiger partial charge in [-0.05, 0) is 25.1 Å². The Morgan fingerprint density at radius 2 is 2.19 bits per heavy atom. The van der Waals surface area contributed by atoms with E-state index in [1.807, 2.05) is 6.07 Å². The molecule has 0 bridgehead atoms. The molecule has 8 heteroatoms. The number of nitrogens with one attached hydrogen (secondary N) is 1. The van der Waals surface area contributed by atoms with Gasteiger partial charge in [0.05, 0.1) is 30.1 Å². The summed E-state index contributed by atoms with van der Waals surface area (Å²) in [6, 6.07) is 5.25. The molecule has 1 aromatic carbocycles. The molecule has 26 heavy (non-hydrogen) atoms. The lowest BCUT2D eigenvalue weighted by atomic mass is 10.1. The summed E-state index contributed by atoms with van der Waals surface area (Å²) < 4.78 is 21.2. The summed E-state index contributed by atoms with van der Waals surface area (Å²) in [5.41, 5.74) is 1.85. The fourth-order valence-corrected chi connectivity index (χ4v) is 2.91. The number of piperidine rings is 1. The van der Waals surface area contributed by atoms with Gasteiger partial charge in [-0.25, -0.2) is 19.3 Å². The molecule has 0 amide bonds. The van der Waals surface area contributed by atoms with Crippen LogP contribution in [0.25, 0.3) is 16.9 Å². The van der Waals surface area contributed by atoms with Crippen LogP contribution >= 0.6 is 0 Å². The monoisotopic (exact) mass is 355 g/mol. The summed E-state index contributed by atoms with van der Waals surface area (Å²) in [6.45, 7) is 1.00. The predicted molar refractivity (Wildman–Crippen MR) is 93.1 cm³/mol. The van der Waals surface area contributed by atoms with Gasteiger partial charge < -0.3 is 19.7 Å². The van der Waals surface area contributed by atoms with E-state index in [4.69, 9.17) is 4.74 Å². The number of rotatable bonds is 4. The molecule has 2 atom stereocenters. The van der Waals surface area contributed by atoms with Crippen molar-refractivity contribution in [2.45, 2.75) is 18.7 Å². The maximum Gasteiger partial charge on any atom is 0.232 e. The number of imidazole rings is 1. The summed E-state index contributed by atoms with van der Waals surface area (Å²) in [5, 5.41) is 13.3. The summed E-state index contributed by atoms with van der Waals surface area (Å²) in [5.74, 6) is 0.360. The van der Waals surface area contributed by atoms with E-state index in [2.05, 4.69) is 20.3 Å². The highest BCUT2D eigenvalue weighted by molar-refractivity contribution is 5.68. The highest BCUT2D eigenvalue weighted by Gasteiger charge is 2.26. The summed E-state index contributed by atoms with van der Waals surface area (Å²) in [4.78, 5) is 12.5. The van der Waals surface area contributed by atoms with Crippen molar-refractivity contribution in [2.24, 2.45) is 0 Å². The Hall–Kier alpha value is -3.00. The maximum absolute atomic E-state index is 13.8. The molecule has 1 aliphatic rings. The first-order valence-electron chi connectivity index (χ1n) is 8.36. The average molecular weight is 355 g/mol. The van der Waals surface area contributed by atoms with Crippen molar-refractivity contribution in [2.75, 3.05) is 13.1 Å². The van der Waals surface area contributed by atoms with Gasteiger partial charge in [-0.3, -0.25) is 0 Å². The van der Waals surface area contributed by atoms with Crippen molar-refractivity contribution in [3.05, 3.63) is 49.3 Å². The molecule has 0 saturated carbocycles. The number of phenolic OH excluding ortho intramolecular Hbond substituents is 1. The summed E-state index contributed by atoms with van der Waals surface area (Å²) >= 11 is 0. The van der Waals surface area contributed by atoms with Gasteiger partial charge in [0.15, 0.2) is 0 Å². The number of hydrogen-bond acceptors (Lipinski definition) is 6. The van der Waals surface area contributed by atoms with E-state index in [0.717, 1.165) is 5.69 Å². The number of benzene rings is 1. The third kappa shape index (κ3) is 3.36. The van der Waals surface area contributed by atoms with Gasteiger partial charge in [0.25, 0.3) is 0 Å². The van der Waals surface area contributed by atoms with Crippen molar-refractivity contribution in [1.82, 2.24) is 24.8 Å². The van der Waals surface area contributed by atoms with E-state index in [-0.39, 0.29) is 18.2 Å². The quantitative estimate of drug-likeness (QED) is 0.746. The molecule has 1 fully saturated rings. The van der Waals surface area contributed by atoms with E-state index in [0.29, 0.717) is 24.2 Å². The zero-order valence-electron chi connectivity index (χ0n) is 13.9. The minimum Gasteiger partial charge on any atom is -0.507 e. The number of ether oxygens (including phenoxy) is 1. The number of aromatic hydroxyl groups is 1. The van der Waals surface area contributed by atoms with Gasteiger partial charge in [0.2, 0.25) is 5.88 Å². The predicted octanol–water partition coefficient (Wildman–Crippen LogP) is 2.11. The summed E-state index contributed by atoms with van der Waals surface area (Å²) in [7, 11) is 0. The lowest BCUT2D eigenvalue weighted by molar-refractivity contribution is 0.0690. The Morgan fingerprint density at radius 3 is 2.88 bits per heavy atom. The number of nitrogens with zero attached hydrogens (tertiary/aromatic N) is 4. The van der Waals surface area contributed by atoms with Crippen LogP contribution in [0.15, 0.2) is 49.3 Å². The van der Waals surface area contributed by atoms with Crippen LogP contribution in [-0.4, -0.2) is 50.0 Å². The first-order chi connectivity index (χ1) is 12.7. The third-order valence-corrected chi connectivity index (χ3v) is 4.31. The molecule has 0 radical (unpaired) electrons. The van der Waals surface area contributed by atoms with Crippen LogP contribution in [0.4, 0.5) is 4.39 Å². The molecule has 0 spiro atoms. The number of phenols is 1. The van der Waals surface area contributed by atoms with Gasteiger partial charge in [-0.2, -0.15) is 0 Å². The SMILES string of the molecule is Oc1cc(-n2ccnc2)ccc1-c1cnc(O[C@H]2CCNC[C@@H]2F)cn1. The largest absolute Gasteiger partial charge is 0.507 e. The summed E-state index contributed by atoms with van der Waals surface area (Å²) in [6.07, 6.45) is 7.08. The lowest BCUT2D eigenvalue weighted by Crippen LogP contribution is -2.44. The van der Waals surface area contributed by atoms with E-state index in [9.17, 15) is 9.50 Å². The second kappa shape index (κ2) is 7.09. The van der Waals surface area contributed by atoms with Crippen molar-refractivity contribution in [3.8, 4) is 28.6 Å². The molecule has 1 saturated heterocycles. The zero-order valence-corrected chi connectivity index (χ0v) is 13.9. The molecule has 3 heterocycles. The molecular formula is C18H18FN5O2. The van der Waals surface area contributed by atoms with Gasteiger partial charge >= 0.3 is 0 Å². The number of hydrogen-bond donors (Lipinski definition) is 2. The molecule has 134 valence electrons. The van der Waals surface area contributed by atoms with Crippen molar-refractivity contribution >= 4 is 0 Å². The van der Waals surface area contributed by atoms with Crippen LogP contribution in [0, 0.1) is 0 Å². The smallest absolute Gasteiger partial charge is 0.232 e. The maximum atomic E-state index is 13.8. The van der Waals surface area contributed by atoms with Crippen LogP contribution in [0.3, 0.4) is 0 Å².